The third-order valence-electron chi connectivity index (χ3n) is 2.27. The van der Waals surface area contributed by atoms with Crippen molar-refractivity contribution in [3.8, 4) is 11.1 Å². The second-order valence-corrected chi connectivity index (χ2v) is 4.55. The van der Waals surface area contributed by atoms with Crippen LogP contribution in [0.4, 0.5) is 0 Å². The lowest BCUT2D eigenvalue weighted by atomic mass is 10.1. The van der Waals surface area contributed by atoms with E-state index in [2.05, 4.69) is 30.5 Å². The van der Waals surface area contributed by atoms with Gasteiger partial charge in [-0.15, -0.1) is 11.8 Å². The van der Waals surface area contributed by atoms with E-state index in [0.29, 0.717) is 0 Å². The van der Waals surface area contributed by atoms with E-state index in [0.717, 1.165) is 5.02 Å². The summed E-state index contributed by atoms with van der Waals surface area (Å²) >= 11 is 7.60. The van der Waals surface area contributed by atoms with Crippen LogP contribution < -0.4 is 0 Å². The molecule has 0 N–H and O–H groups in total. The number of hydrogen-bond donors (Lipinski definition) is 0. The SMILES string of the molecule is CSc1ccc(-c2ccc(Cl)cc2)cc1. The molecule has 2 aromatic rings. The van der Waals surface area contributed by atoms with E-state index in [1.54, 1.807) is 11.8 Å². The van der Waals surface area contributed by atoms with Crippen LogP contribution in [-0.4, -0.2) is 6.26 Å². The molecule has 0 saturated heterocycles. The summed E-state index contributed by atoms with van der Waals surface area (Å²) < 4.78 is 0. The molecule has 0 fully saturated rings. The van der Waals surface area contributed by atoms with E-state index >= 15 is 0 Å². The van der Waals surface area contributed by atoms with Crippen LogP contribution in [0, 0.1) is 0 Å². The molecule has 0 aliphatic carbocycles. The largest absolute Gasteiger partial charge is 0.130 e. The van der Waals surface area contributed by atoms with Crippen LogP contribution in [0.25, 0.3) is 11.1 Å². The Hall–Kier alpha value is -0.920. The van der Waals surface area contributed by atoms with Crippen LogP contribution >= 0.6 is 23.4 Å². The molecule has 0 amide bonds. The third kappa shape index (κ3) is 2.55. The Bertz CT molecular complexity index is 431. The van der Waals surface area contributed by atoms with Crippen molar-refractivity contribution < 1.29 is 0 Å². The Kier molecular flexibility index (Phi) is 3.34. The van der Waals surface area contributed by atoms with Crippen LogP contribution in [0.5, 0.6) is 0 Å². The second kappa shape index (κ2) is 4.73. The zero-order chi connectivity index (χ0) is 10.7. The molecule has 0 aliphatic rings. The van der Waals surface area contributed by atoms with Crippen molar-refractivity contribution in [3.05, 3.63) is 53.6 Å². The first kappa shape index (κ1) is 10.6. The normalized spacial score (nSPS) is 10.3. The molecule has 0 nitrogen and oxygen atoms in total. The Morgan fingerprint density at radius 3 is 1.73 bits per heavy atom. The predicted octanol–water partition coefficient (Wildman–Crippen LogP) is 4.73. The average Bonchev–Trinajstić information content (AvgIpc) is 2.30. The van der Waals surface area contributed by atoms with Gasteiger partial charge in [0.15, 0.2) is 0 Å². The van der Waals surface area contributed by atoms with Gasteiger partial charge >= 0.3 is 0 Å². The molecule has 15 heavy (non-hydrogen) atoms. The fourth-order valence-corrected chi connectivity index (χ4v) is 1.96. The van der Waals surface area contributed by atoms with E-state index < -0.39 is 0 Å². The van der Waals surface area contributed by atoms with Crippen LogP contribution in [-0.2, 0) is 0 Å². The van der Waals surface area contributed by atoms with E-state index in [1.807, 2.05) is 24.3 Å². The van der Waals surface area contributed by atoms with E-state index in [4.69, 9.17) is 11.6 Å². The zero-order valence-corrected chi connectivity index (χ0v) is 9.98. The molecular weight excluding hydrogens is 224 g/mol. The molecular formula is C13H11ClS. The fraction of sp³-hybridized carbons (Fsp3) is 0.0769. The highest BCUT2D eigenvalue weighted by Crippen LogP contribution is 2.24. The minimum Gasteiger partial charge on any atom is -0.130 e. The molecule has 2 rings (SSSR count). The first-order valence-electron chi connectivity index (χ1n) is 4.69. The molecule has 0 radical (unpaired) electrons. The second-order valence-electron chi connectivity index (χ2n) is 3.24. The van der Waals surface area contributed by atoms with Crippen molar-refractivity contribution in [2.75, 3.05) is 6.26 Å². The number of benzene rings is 2. The van der Waals surface area contributed by atoms with Crippen molar-refractivity contribution in [1.29, 1.82) is 0 Å². The molecule has 2 heteroatoms. The first-order valence-corrected chi connectivity index (χ1v) is 6.30. The molecule has 0 unspecified atom stereocenters. The topological polar surface area (TPSA) is 0 Å². The number of halogens is 1. The smallest absolute Gasteiger partial charge is 0.0406 e. The maximum absolute atomic E-state index is 5.84. The Labute approximate surface area is 99.3 Å². The van der Waals surface area contributed by atoms with Crippen LogP contribution in [0.3, 0.4) is 0 Å². The lowest BCUT2D eigenvalue weighted by Gasteiger charge is -2.02. The highest BCUT2D eigenvalue weighted by atomic mass is 35.5. The predicted molar refractivity (Wildman–Crippen MR) is 68.7 cm³/mol. The quantitative estimate of drug-likeness (QED) is 0.677. The summed E-state index contributed by atoms with van der Waals surface area (Å²) in [5.41, 5.74) is 2.43. The van der Waals surface area contributed by atoms with Gasteiger partial charge in [0.1, 0.15) is 0 Å². The van der Waals surface area contributed by atoms with Crippen molar-refractivity contribution >= 4 is 23.4 Å². The average molecular weight is 235 g/mol. The maximum Gasteiger partial charge on any atom is 0.0406 e. The van der Waals surface area contributed by atoms with E-state index in [-0.39, 0.29) is 0 Å². The summed E-state index contributed by atoms with van der Waals surface area (Å²) in [6.07, 6.45) is 2.08. The highest BCUT2D eigenvalue weighted by molar-refractivity contribution is 7.98. The van der Waals surface area contributed by atoms with Gasteiger partial charge in [0.2, 0.25) is 0 Å². The van der Waals surface area contributed by atoms with Crippen molar-refractivity contribution in [1.82, 2.24) is 0 Å². The van der Waals surface area contributed by atoms with Crippen LogP contribution in [0.15, 0.2) is 53.4 Å². The zero-order valence-electron chi connectivity index (χ0n) is 8.41. The van der Waals surface area contributed by atoms with Gasteiger partial charge in [-0.1, -0.05) is 35.9 Å². The lowest BCUT2D eigenvalue weighted by molar-refractivity contribution is 1.46. The molecule has 0 aliphatic heterocycles. The third-order valence-corrected chi connectivity index (χ3v) is 3.26. The Morgan fingerprint density at radius 1 is 0.800 bits per heavy atom. The lowest BCUT2D eigenvalue weighted by Crippen LogP contribution is -1.77. The minimum absolute atomic E-state index is 0.777. The summed E-state index contributed by atoms with van der Waals surface area (Å²) in [6, 6.07) is 16.4. The first-order chi connectivity index (χ1) is 7.29. The van der Waals surface area contributed by atoms with E-state index in [9.17, 15) is 0 Å². The number of hydrogen-bond acceptors (Lipinski definition) is 1. The standard InChI is InChI=1S/C13H11ClS/c1-15-13-8-4-11(5-9-13)10-2-6-12(14)7-3-10/h2-9H,1H3. The van der Waals surface area contributed by atoms with Gasteiger partial charge in [-0.3, -0.25) is 0 Å². The van der Waals surface area contributed by atoms with Gasteiger partial charge in [0.25, 0.3) is 0 Å². The van der Waals surface area contributed by atoms with Crippen LogP contribution in [0.1, 0.15) is 0 Å². The maximum atomic E-state index is 5.84. The van der Waals surface area contributed by atoms with Gasteiger partial charge in [0, 0.05) is 9.92 Å². The minimum atomic E-state index is 0.777. The summed E-state index contributed by atoms with van der Waals surface area (Å²) in [5, 5.41) is 0.777. The Morgan fingerprint density at radius 2 is 1.27 bits per heavy atom. The number of rotatable bonds is 2. The molecule has 0 saturated carbocycles. The summed E-state index contributed by atoms with van der Waals surface area (Å²) in [5.74, 6) is 0. The molecule has 0 spiro atoms. The van der Waals surface area contributed by atoms with Crippen molar-refractivity contribution in [3.63, 3.8) is 0 Å². The van der Waals surface area contributed by atoms with Gasteiger partial charge in [-0.05, 0) is 41.6 Å². The summed E-state index contributed by atoms with van der Waals surface area (Å²) in [6.45, 7) is 0. The van der Waals surface area contributed by atoms with Gasteiger partial charge in [-0.2, -0.15) is 0 Å². The van der Waals surface area contributed by atoms with Gasteiger partial charge in [-0.25, -0.2) is 0 Å². The highest BCUT2D eigenvalue weighted by Gasteiger charge is 1.97. The van der Waals surface area contributed by atoms with Crippen molar-refractivity contribution in [2.45, 2.75) is 4.90 Å². The monoisotopic (exact) mass is 234 g/mol. The summed E-state index contributed by atoms with van der Waals surface area (Å²) in [7, 11) is 0. The molecule has 76 valence electrons. The molecule has 0 atom stereocenters. The van der Waals surface area contributed by atoms with Crippen molar-refractivity contribution in [2.24, 2.45) is 0 Å². The molecule has 2 aromatic carbocycles. The van der Waals surface area contributed by atoms with Gasteiger partial charge in [0.05, 0.1) is 0 Å². The molecule has 0 bridgehead atoms. The van der Waals surface area contributed by atoms with E-state index in [1.165, 1.54) is 16.0 Å². The Balaban J connectivity index is 2.33. The summed E-state index contributed by atoms with van der Waals surface area (Å²) in [4.78, 5) is 1.28. The molecule has 0 heterocycles. The molecule has 0 aromatic heterocycles. The number of thioether (sulfide) groups is 1. The van der Waals surface area contributed by atoms with Gasteiger partial charge < -0.3 is 0 Å². The van der Waals surface area contributed by atoms with Crippen LogP contribution in [0.2, 0.25) is 5.02 Å². The fourth-order valence-electron chi connectivity index (χ4n) is 1.43.